The van der Waals surface area contributed by atoms with Crippen LogP contribution in [0.4, 0.5) is 0 Å². The second-order valence-corrected chi connectivity index (χ2v) is 7.72. The Kier molecular flexibility index (Phi) is 11.0. The molecule has 0 aliphatic heterocycles. The number of nitrogens with one attached hydrogen (secondary N) is 2. The highest BCUT2D eigenvalue weighted by Crippen LogP contribution is 2.18. The number of aliphatic imine (C=N–C) groups is 1. The van der Waals surface area contributed by atoms with Crippen molar-refractivity contribution < 1.29 is 13.5 Å². The van der Waals surface area contributed by atoms with Crippen LogP contribution in [0.3, 0.4) is 0 Å². The van der Waals surface area contributed by atoms with Crippen LogP contribution in [0.15, 0.2) is 26.7 Å². The maximum atomic E-state index is 12.0. The molecule has 22 heavy (non-hydrogen) atoms. The van der Waals surface area contributed by atoms with Gasteiger partial charge in [0.25, 0.3) is 0 Å². The minimum atomic E-state index is -3.43. The first-order valence-corrected chi connectivity index (χ1v) is 9.49. The van der Waals surface area contributed by atoms with Crippen molar-refractivity contribution in [1.82, 2.24) is 10.6 Å². The summed E-state index contributed by atoms with van der Waals surface area (Å²) in [7, 11) is -3.43. The predicted octanol–water partition coefficient (Wildman–Crippen LogP) is 1.47. The third kappa shape index (κ3) is 7.75. The van der Waals surface area contributed by atoms with E-state index in [9.17, 15) is 13.5 Å². The van der Waals surface area contributed by atoms with Gasteiger partial charge in [0, 0.05) is 13.1 Å². The van der Waals surface area contributed by atoms with Gasteiger partial charge in [-0.3, -0.25) is 4.99 Å². The summed E-state index contributed by atoms with van der Waals surface area (Å²) in [6.45, 7) is 5.51. The van der Waals surface area contributed by atoms with Gasteiger partial charge < -0.3 is 15.7 Å². The van der Waals surface area contributed by atoms with E-state index >= 15 is 0 Å². The number of hydrogen-bond donors (Lipinski definition) is 3. The summed E-state index contributed by atoms with van der Waals surface area (Å²) < 4.78 is 24.3. The van der Waals surface area contributed by atoms with Crippen LogP contribution in [0.25, 0.3) is 0 Å². The molecule has 0 radical (unpaired) electrons. The Morgan fingerprint density at radius 1 is 1.41 bits per heavy atom. The first-order valence-electron chi connectivity index (χ1n) is 6.96. The van der Waals surface area contributed by atoms with E-state index in [-0.39, 0.29) is 40.5 Å². The summed E-state index contributed by atoms with van der Waals surface area (Å²) in [6, 6.07) is 3.23. The number of aliphatic hydroxyl groups excluding tert-OH is 1. The average Bonchev–Trinajstić information content (AvgIpc) is 2.96. The Labute approximate surface area is 153 Å². The summed E-state index contributed by atoms with van der Waals surface area (Å²) in [4.78, 5) is 4.20. The van der Waals surface area contributed by atoms with Crippen molar-refractivity contribution in [3.8, 4) is 0 Å². The van der Waals surface area contributed by atoms with Gasteiger partial charge in [-0.2, -0.15) is 0 Å². The standard InChI is InChI=1S/C13H23N3O3S2.HI/c1-3-7-15-13(14-4-2)16-9-11(17)10-21(18,19)12-6-5-8-20-12;/h5-6,8,11,17H,3-4,7,9-10H2,1-2H3,(H2,14,15,16);1H. The molecule has 0 bridgehead atoms. The molecule has 3 N–H and O–H groups in total. The van der Waals surface area contributed by atoms with Crippen molar-refractivity contribution in [2.75, 3.05) is 25.4 Å². The van der Waals surface area contributed by atoms with Crippen molar-refractivity contribution in [3.05, 3.63) is 17.5 Å². The lowest BCUT2D eigenvalue weighted by atomic mass is 10.4. The number of thiophene rings is 1. The van der Waals surface area contributed by atoms with E-state index in [0.29, 0.717) is 12.5 Å². The molecule has 1 aromatic rings. The molecule has 0 amide bonds. The number of rotatable bonds is 8. The van der Waals surface area contributed by atoms with Crippen LogP contribution in [-0.2, 0) is 9.84 Å². The molecule has 0 saturated carbocycles. The Morgan fingerprint density at radius 2 is 2.14 bits per heavy atom. The Hall–Kier alpha value is -0.390. The fraction of sp³-hybridized carbons (Fsp3) is 0.615. The van der Waals surface area contributed by atoms with Gasteiger partial charge in [-0.05, 0) is 24.8 Å². The number of halogens is 1. The summed E-state index contributed by atoms with van der Waals surface area (Å²) in [5.41, 5.74) is 0. The highest BCUT2D eigenvalue weighted by Gasteiger charge is 2.20. The maximum Gasteiger partial charge on any atom is 0.191 e. The summed E-state index contributed by atoms with van der Waals surface area (Å²) in [6.07, 6.45) is -0.0612. The van der Waals surface area contributed by atoms with Gasteiger partial charge in [-0.15, -0.1) is 35.3 Å². The third-order valence-corrected chi connectivity index (χ3v) is 5.85. The number of nitrogens with zero attached hydrogens (tertiary/aromatic N) is 1. The summed E-state index contributed by atoms with van der Waals surface area (Å²) in [5, 5.41) is 17.7. The highest BCUT2D eigenvalue weighted by atomic mass is 127. The van der Waals surface area contributed by atoms with Gasteiger partial charge in [-0.1, -0.05) is 13.0 Å². The van der Waals surface area contributed by atoms with Crippen molar-refractivity contribution in [2.45, 2.75) is 30.6 Å². The van der Waals surface area contributed by atoms with Crippen LogP contribution >= 0.6 is 35.3 Å². The second-order valence-electron chi connectivity index (χ2n) is 4.51. The number of sulfone groups is 1. The number of guanidine groups is 1. The van der Waals surface area contributed by atoms with Gasteiger partial charge in [0.2, 0.25) is 0 Å². The molecule has 0 aliphatic rings. The van der Waals surface area contributed by atoms with Crippen molar-refractivity contribution >= 4 is 51.1 Å². The molecular weight excluding hydrogens is 437 g/mol. The minimum absolute atomic E-state index is 0. The Morgan fingerprint density at radius 3 is 2.68 bits per heavy atom. The van der Waals surface area contributed by atoms with E-state index in [1.807, 2.05) is 13.8 Å². The van der Waals surface area contributed by atoms with Crippen LogP contribution in [-0.4, -0.2) is 51.0 Å². The molecule has 0 spiro atoms. The molecule has 6 nitrogen and oxygen atoms in total. The number of aliphatic hydroxyl groups is 1. The van der Waals surface area contributed by atoms with Gasteiger partial charge >= 0.3 is 0 Å². The molecule has 0 aliphatic carbocycles. The van der Waals surface area contributed by atoms with Crippen LogP contribution in [0.1, 0.15) is 20.3 Å². The summed E-state index contributed by atoms with van der Waals surface area (Å²) in [5.74, 6) is 0.274. The van der Waals surface area contributed by atoms with Crippen LogP contribution < -0.4 is 10.6 Å². The lowest BCUT2D eigenvalue weighted by Crippen LogP contribution is -2.38. The number of hydrogen-bond acceptors (Lipinski definition) is 5. The monoisotopic (exact) mass is 461 g/mol. The Balaban J connectivity index is 0.00000441. The fourth-order valence-electron chi connectivity index (χ4n) is 1.61. The van der Waals surface area contributed by atoms with Crippen molar-refractivity contribution in [1.29, 1.82) is 0 Å². The zero-order valence-electron chi connectivity index (χ0n) is 12.8. The first-order chi connectivity index (χ1) is 9.99. The normalized spacial score (nSPS) is 13.3. The third-order valence-electron chi connectivity index (χ3n) is 2.56. The SMILES string of the molecule is CCCNC(=NCC(O)CS(=O)(=O)c1cccs1)NCC.I. The van der Waals surface area contributed by atoms with E-state index in [4.69, 9.17) is 0 Å². The molecule has 0 aromatic carbocycles. The molecule has 1 unspecified atom stereocenters. The topological polar surface area (TPSA) is 90.8 Å². The maximum absolute atomic E-state index is 12.0. The average molecular weight is 461 g/mol. The fourth-order valence-corrected chi connectivity index (χ4v) is 4.08. The zero-order valence-corrected chi connectivity index (χ0v) is 16.7. The van der Waals surface area contributed by atoms with Crippen LogP contribution in [0.2, 0.25) is 0 Å². The molecule has 1 heterocycles. The van der Waals surface area contributed by atoms with Gasteiger partial charge in [0.05, 0.1) is 18.4 Å². The van der Waals surface area contributed by atoms with E-state index in [1.165, 1.54) is 0 Å². The van der Waals surface area contributed by atoms with Gasteiger partial charge in [-0.25, -0.2) is 8.42 Å². The smallest absolute Gasteiger partial charge is 0.191 e. The molecule has 1 atom stereocenters. The Bertz CT molecular complexity index is 533. The quantitative estimate of drug-likeness (QED) is 0.310. The highest BCUT2D eigenvalue weighted by molar-refractivity contribution is 14.0. The van der Waals surface area contributed by atoms with Crippen molar-refractivity contribution in [2.24, 2.45) is 4.99 Å². The van der Waals surface area contributed by atoms with E-state index in [1.54, 1.807) is 17.5 Å². The van der Waals surface area contributed by atoms with Crippen LogP contribution in [0.5, 0.6) is 0 Å². The molecular formula is C13H24IN3O3S2. The van der Waals surface area contributed by atoms with E-state index in [2.05, 4.69) is 15.6 Å². The first kappa shape index (κ1) is 21.6. The molecule has 0 saturated heterocycles. The summed E-state index contributed by atoms with van der Waals surface area (Å²) >= 11 is 1.16. The second kappa shape index (κ2) is 11.2. The van der Waals surface area contributed by atoms with Crippen molar-refractivity contribution in [3.63, 3.8) is 0 Å². The lowest BCUT2D eigenvalue weighted by Gasteiger charge is -2.12. The van der Waals surface area contributed by atoms with E-state index in [0.717, 1.165) is 24.3 Å². The molecule has 9 heteroatoms. The zero-order chi connectivity index (χ0) is 15.7. The molecule has 1 rings (SSSR count). The molecule has 0 fully saturated rings. The van der Waals surface area contributed by atoms with Gasteiger partial charge in [0.1, 0.15) is 4.21 Å². The van der Waals surface area contributed by atoms with Crippen LogP contribution in [0, 0.1) is 0 Å². The molecule has 128 valence electrons. The van der Waals surface area contributed by atoms with E-state index < -0.39 is 15.9 Å². The van der Waals surface area contributed by atoms with Gasteiger partial charge in [0.15, 0.2) is 15.8 Å². The minimum Gasteiger partial charge on any atom is -0.390 e. The molecule has 1 aromatic heterocycles. The largest absolute Gasteiger partial charge is 0.390 e. The lowest BCUT2D eigenvalue weighted by molar-refractivity contribution is 0.206. The predicted molar refractivity (Wildman–Crippen MR) is 102 cm³/mol.